The molecule has 6 rings (SSSR count). The summed E-state index contributed by atoms with van der Waals surface area (Å²) >= 11 is 0. The van der Waals surface area contributed by atoms with E-state index in [2.05, 4.69) is 25.5 Å². The van der Waals surface area contributed by atoms with E-state index in [0.717, 1.165) is 11.4 Å². The summed E-state index contributed by atoms with van der Waals surface area (Å²) in [6, 6.07) is 8.32. The summed E-state index contributed by atoms with van der Waals surface area (Å²) in [5.41, 5.74) is 3.22. The number of hydrogen-bond acceptors (Lipinski definition) is 6. The number of para-hydroxylation sites is 1. The van der Waals surface area contributed by atoms with E-state index in [-0.39, 0.29) is 25.6 Å². The van der Waals surface area contributed by atoms with E-state index < -0.39 is 12.7 Å². The summed E-state index contributed by atoms with van der Waals surface area (Å²) < 4.78 is 23.0. The number of amides is 1. The topological polar surface area (TPSA) is 99.8 Å². The monoisotopic (exact) mass is 461 g/mol. The first kappa shape index (κ1) is 21.7. The Labute approximate surface area is 195 Å². The van der Waals surface area contributed by atoms with Gasteiger partial charge in [-0.3, -0.25) is 9.78 Å². The first-order valence-corrected chi connectivity index (χ1v) is 10.7. The molecule has 10 heteroatoms. The molecule has 4 aromatic rings. The fourth-order valence-corrected chi connectivity index (χ4v) is 4.01. The number of carbonyl (C=O) groups excluding carboxylic acids is 1. The predicted molar refractivity (Wildman–Crippen MR) is 124 cm³/mol. The van der Waals surface area contributed by atoms with E-state index in [1.54, 1.807) is 35.3 Å². The number of benzene rings is 1. The van der Waals surface area contributed by atoms with Gasteiger partial charge in [0.15, 0.2) is 11.6 Å². The third-order valence-corrected chi connectivity index (χ3v) is 5.94. The maximum absolute atomic E-state index is 13.6. The smallest absolute Gasteiger partial charge is 0.274 e. The van der Waals surface area contributed by atoms with Gasteiger partial charge in [0, 0.05) is 18.3 Å². The van der Waals surface area contributed by atoms with Crippen molar-refractivity contribution >= 4 is 11.6 Å². The molecule has 0 radical (unpaired) electrons. The molecule has 1 fully saturated rings. The van der Waals surface area contributed by atoms with Crippen LogP contribution in [-0.4, -0.2) is 48.5 Å². The van der Waals surface area contributed by atoms with Gasteiger partial charge in [-0.15, -0.1) is 10.2 Å². The highest BCUT2D eigenvalue weighted by atomic mass is 19.1. The fourth-order valence-electron chi connectivity index (χ4n) is 4.01. The highest BCUT2D eigenvalue weighted by Gasteiger charge is 2.27. The van der Waals surface area contributed by atoms with Crippen molar-refractivity contribution in [2.45, 2.75) is 32.2 Å². The highest BCUT2D eigenvalue weighted by Crippen LogP contribution is 2.40. The molecule has 4 heterocycles. The molecule has 0 bridgehead atoms. The van der Waals surface area contributed by atoms with Gasteiger partial charge in [0.05, 0.1) is 35.0 Å². The van der Waals surface area contributed by atoms with Crippen LogP contribution in [0.25, 0.3) is 17.1 Å². The number of nitrogens with one attached hydrogen (secondary N) is 1. The van der Waals surface area contributed by atoms with Crippen molar-refractivity contribution in [3.8, 4) is 22.8 Å². The van der Waals surface area contributed by atoms with Gasteiger partial charge in [-0.2, -0.15) is 0 Å². The van der Waals surface area contributed by atoms with E-state index in [9.17, 15) is 9.18 Å². The van der Waals surface area contributed by atoms with Crippen LogP contribution in [0.5, 0.6) is 5.75 Å². The number of aromatic nitrogens is 6. The largest absolute Gasteiger partial charge is 0.488 e. The molecule has 0 spiro atoms. The SMILES string of the molecule is C.O=C(Nc1cccc2c1OC[C@@H](CF)n1cnnc1-2)c1cc(-n2cnc(C3CC3)c2)ccn1. The van der Waals surface area contributed by atoms with Gasteiger partial charge in [0.2, 0.25) is 0 Å². The maximum Gasteiger partial charge on any atom is 0.274 e. The van der Waals surface area contributed by atoms with Crippen LogP contribution in [0.4, 0.5) is 10.1 Å². The predicted octanol–water partition coefficient (Wildman–Crippen LogP) is 4.19. The summed E-state index contributed by atoms with van der Waals surface area (Å²) in [6.07, 6.45) is 9.19. The number of halogens is 1. The van der Waals surface area contributed by atoms with Gasteiger partial charge in [-0.1, -0.05) is 13.5 Å². The summed E-state index contributed by atoms with van der Waals surface area (Å²) in [4.78, 5) is 21.8. The number of nitrogens with zero attached hydrogens (tertiary/aromatic N) is 6. The lowest BCUT2D eigenvalue weighted by Crippen LogP contribution is -2.18. The van der Waals surface area contributed by atoms with Gasteiger partial charge in [-0.25, -0.2) is 9.37 Å². The Balaban J connectivity index is 0.00000241. The lowest BCUT2D eigenvalue weighted by atomic mass is 10.1. The standard InChI is InChI=1S/C23H20FN7O2.CH4/c24-9-16-11-33-21-17(22-29-27-13-31(16)22)2-1-3-18(21)28-23(32)19-8-15(6-7-25-19)30-10-20(26-12-30)14-4-5-14;/h1-3,6-8,10,12-14,16H,4-5,9,11H2,(H,28,32);1H4/t16-;/m1./s1. The molecule has 0 saturated heterocycles. The zero-order chi connectivity index (χ0) is 22.4. The number of alkyl halides is 1. The van der Waals surface area contributed by atoms with Crippen molar-refractivity contribution in [1.29, 1.82) is 0 Å². The van der Waals surface area contributed by atoms with Crippen LogP contribution < -0.4 is 10.1 Å². The molecule has 9 nitrogen and oxygen atoms in total. The zero-order valence-corrected chi connectivity index (χ0v) is 17.6. The molecule has 1 saturated carbocycles. The van der Waals surface area contributed by atoms with Crippen molar-refractivity contribution < 1.29 is 13.9 Å². The molecule has 1 aromatic carbocycles. The zero-order valence-electron chi connectivity index (χ0n) is 17.6. The fraction of sp³-hybridized carbons (Fsp3) is 0.292. The minimum atomic E-state index is -0.617. The molecule has 1 atom stereocenters. The van der Waals surface area contributed by atoms with Crippen molar-refractivity contribution in [3.05, 3.63) is 66.8 Å². The molecule has 1 N–H and O–H groups in total. The van der Waals surface area contributed by atoms with Gasteiger partial charge < -0.3 is 19.2 Å². The third kappa shape index (κ3) is 3.81. The van der Waals surface area contributed by atoms with Crippen LogP contribution in [0.1, 0.15) is 48.4 Å². The quantitative estimate of drug-likeness (QED) is 0.478. The maximum atomic E-state index is 13.6. The molecule has 174 valence electrons. The van der Waals surface area contributed by atoms with E-state index >= 15 is 0 Å². The number of imidazole rings is 1. The van der Waals surface area contributed by atoms with Crippen molar-refractivity contribution in [2.24, 2.45) is 0 Å². The number of ether oxygens (including phenoxy) is 1. The second-order valence-electron chi connectivity index (χ2n) is 8.20. The average molecular weight is 462 g/mol. The molecular weight excluding hydrogens is 437 g/mol. The molecule has 1 amide bonds. The Kier molecular flexibility index (Phi) is 5.56. The average Bonchev–Trinajstić information content (AvgIpc) is 3.42. The van der Waals surface area contributed by atoms with Crippen LogP contribution in [0.15, 0.2) is 55.4 Å². The molecule has 1 aliphatic carbocycles. The molecule has 3 aromatic heterocycles. The van der Waals surface area contributed by atoms with E-state index in [1.165, 1.54) is 19.2 Å². The normalized spacial score (nSPS) is 16.4. The van der Waals surface area contributed by atoms with Gasteiger partial charge in [0.1, 0.15) is 25.3 Å². The number of hydrogen-bond donors (Lipinski definition) is 1. The van der Waals surface area contributed by atoms with Crippen LogP contribution in [0.3, 0.4) is 0 Å². The number of rotatable bonds is 5. The van der Waals surface area contributed by atoms with Crippen LogP contribution in [0.2, 0.25) is 0 Å². The van der Waals surface area contributed by atoms with Crippen LogP contribution in [0, 0.1) is 0 Å². The molecule has 2 aliphatic rings. The molecule has 1 aliphatic heterocycles. The highest BCUT2D eigenvalue weighted by molar-refractivity contribution is 6.04. The minimum absolute atomic E-state index is 0. The summed E-state index contributed by atoms with van der Waals surface area (Å²) in [7, 11) is 0. The second-order valence-corrected chi connectivity index (χ2v) is 8.20. The van der Waals surface area contributed by atoms with Gasteiger partial charge in [0.25, 0.3) is 5.91 Å². The number of fused-ring (bicyclic) bond motifs is 3. The number of pyridine rings is 1. The Hall–Kier alpha value is -4.08. The number of carbonyl (C=O) groups is 1. The minimum Gasteiger partial charge on any atom is -0.488 e. The number of anilines is 1. The molecule has 0 unspecified atom stereocenters. The van der Waals surface area contributed by atoms with Gasteiger partial charge in [-0.05, 0) is 37.1 Å². The van der Waals surface area contributed by atoms with Crippen molar-refractivity contribution in [3.63, 3.8) is 0 Å². The second kappa shape index (κ2) is 8.69. The van der Waals surface area contributed by atoms with Crippen LogP contribution in [-0.2, 0) is 0 Å². The summed E-state index contributed by atoms with van der Waals surface area (Å²) in [5, 5.41) is 10.9. The summed E-state index contributed by atoms with van der Waals surface area (Å²) in [6.45, 7) is -0.521. The lowest BCUT2D eigenvalue weighted by Gasteiger charge is -2.14. The molecular formula is C24H24FN7O2. The first-order chi connectivity index (χ1) is 16.2. The third-order valence-electron chi connectivity index (χ3n) is 5.94. The van der Waals surface area contributed by atoms with E-state index in [4.69, 9.17) is 4.74 Å². The first-order valence-electron chi connectivity index (χ1n) is 10.7. The Morgan fingerprint density at radius 3 is 2.91 bits per heavy atom. The summed E-state index contributed by atoms with van der Waals surface area (Å²) in [5.74, 6) is 1.08. The van der Waals surface area contributed by atoms with E-state index in [0.29, 0.717) is 28.7 Å². The van der Waals surface area contributed by atoms with Crippen molar-refractivity contribution in [1.82, 2.24) is 29.3 Å². The lowest BCUT2D eigenvalue weighted by molar-refractivity contribution is 0.102. The molecule has 34 heavy (non-hydrogen) atoms. The van der Waals surface area contributed by atoms with E-state index in [1.807, 2.05) is 22.9 Å². The van der Waals surface area contributed by atoms with Crippen molar-refractivity contribution in [2.75, 3.05) is 18.6 Å². The van der Waals surface area contributed by atoms with Crippen LogP contribution >= 0.6 is 0 Å². The Morgan fingerprint density at radius 1 is 1.21 bits per heavy atom. The Morgan fingerprint density at radius 2 is 2.09 bits per heavy atom. The Bertz CT molecular complexity index is 1340. The van der Waals surface area contributed by atoms with Gasteiger partial charge >= 0.3 is 0 Å².